The van der Waals surface area contributed by atoms with Crippen molar-refractivity contribution in [3.8, 4) is 0 Å². The smallest absolute Gasteiger partial charge is 0.249 e. The zero-order valence-corrected chi connectivity index (χ0v) is 38.5. The van der Waals surface area contributed by atoms with Crippen molar-refractivity contribution in [3.05, 3.63) is 12.2 Å². The molecule has 1 saturated heterocycles. The summed E-state index contributed by atoms with van der Waals surface area (Å²) in [5, 5.41) is 86.0. The third kappa shape index (κ3) is 25.2. The second kappa shape index (κ2) is 35.1. The summed E-state index contributed by atoms with van der Waals surface area (Å²) in [6.45, 7) is 3.38. The first-order valence-electron chi connectivity index (χ1n) is 25.1. The minimum Gasteiger partial charge on any atom is -0.394 e. The number of hydrogen-bond acceptors (Lipinski definition) is 11. The predicted octanol–water partition coefficient (Wildman–Crippen LogP) is 7.28. The second-order valence-corrected chi connectivity index (χ2v) is 18.6. The molecule has 0 radical (unpaired) electrons. The van der Waals surface area contributed by atoms with Crippen LogP contribution in [0.15, 0.2) is 12.2 Å². The summed E-state index contributed by atoms with van der Waals surface area (Å²) in [7, 11) is 0. The molecule has 0 aromatic carbocycles. The summed E-state index contributed by atoms with van der Waals surface area (Å²) in [4.78, 5) is 13.1. The molecule has 0 bridgehead atoms. The fraction of sp³-hybridized carbons (Fsp3) is 0.939. The molecule has 1 aliphatic carbocycles. The summed E-state index contributed by atoms with van der Waals surface area (Å²) in [6, 6.07) is -1.18. The van der Waals surface area contributed by atoms with Crippen molar-refractivity contribution in [2.24, 2.45) is 11.8 Å². The molecule has 2 aliphatic rings. The van der Waals surface area contributed by atoms with Crippen LogP contribution in [0.25, 0.3) is 0 Å². The van der Waals surface area contributed by atoms with Gasteiger partial charge in [-0.15, -0.1) is 0 Å². The SMILES string of the molecule is CCCCC/C=C/C(O)CCCCCCCCCCCC[C@@H](O)C(=O)N[C@@H](CO[C@@H]1O[C@H](CO)[C@@H](O)[C@H](O)[C@H]1O)[C@H](O)[C@H](O)CCCCCCCC[C@H]1C[C@H]1CCCCCC. The van der Waals surface area contributed by atoms with Gasteiger partial charge in [0.05, 0.1) is 31.5 Å². The number of rotatable bonds is 40. The Hall–Kier alpha value is -1.19. The van der Waals surface area contributed by atoms with E-state index in [9.17, 15) is 45.6 Å². The maximum Gasteiger partial charge on any atom is 0.249 e. The van der Waals surface area contributed by atoms with Crippen LogP contribution in [0.1, 0.15) is 206 Å². The molecular formula is C49H93NO11. The number of carbonyl (C=O) groups is 1. The fourth-order valence-corrected chi connectivity index (χ4v) is 8.76. The van der Waals surface area contributed by atoms with Gasteiger partial charge >= 0.3 is 0 Å². The van der Waals surface area contributed by atoms with E-state index in [1.165, 1.54) is 96.3 Å². The Morgan fingerprint density at radius 3 is 1.74 bits per heavy atom. The topological polar surface area (TPSA) is 209 Å². The first-order valence-corrected chi connectivity index (χ1v) is 25.1. The maximum atomic E-state index is 13.1. The monoisotopic (exact) mass is 872 g/mol. The third-order valence-electron chi connectivity index (χ3n) is 13.1. The molecule has 0 aromatic heterocycles. The predicted molar refractivity (Wildman–Crippen MR) is 242 cm³/mol. The number of carbonyl (C=O) groups excluding carboxylic acids is 1. The molecule has 9 N–H and O–H groups in total. The van der Waals surface area contributed by atoms with E-state index in [1.807, 2.05) is 6.08 Å². The Balaban J connectivity index is 1.68. The highest BCUT2D eigenvalue weighted by atomic mass is 16.7. The molecule has 61 heavy (non-hydrogen) atoms. The lowest BCUT2D eigenvalue weighted by Crippen LogP contribution is -2.60. The van der Waals surface area contributed by atoms with Crippen LogP contribution in [0.5, 0.6) is 0 Å². The van der Waals surface area contributed by atoms with E-state index in [1.54, 1.807) is 0 Å². The summed E-state index contributed by atoms with van der Waals surface area (Å²) in [5.74, 6) is 1.18. The van der Waals surface area contributed by atoms with Crippen molar-refractivity contribution in [3.63, 3.8) is 0 Å². The van der Waals surface area contributed by atoms with E-state index in [0.29, 0.717) is 19.3 Å². The maximum absolute atomic E-state index is 13.1. The lowest BCUT2D eigenvalue weighted by Gasteiger charge is -2.40. The highest BCUT2D eigenvalue weighted by Crippen LogP contribution is 2.45. The molecule has 1 saturated carbocycles. The van der Waals surface area contributed by atoms with Gasteiger partial charge in [0.15, 0.2) is 6.29 Å². The molecule has 1 unspecified atom stereocenters. The number of aliphatic hydroxyl groups is 8. The van der Waals surface area contributed by atoms with Crippen LogP contribution in [0.2, 0.25) is 0 Å². The van der Waals surface area contributed by atoms with E-state index in [0.717, 1.165) is 82.5 Å². The third-order valence-corrected chi connectivity index (χ3v) is 13.1. The average Bonchev–Trinajstić information content (AvgIpc) is 4.01. The van der Waals surface area contributed by atoms with E-state index < -0.39 is 74.2 Å². The first-order chi connectivity index (χ1) is 29.5. The molecule has 1 heterocycles. The van der Waals surface area contributed by atoms with E-state index in [-0.39, 0.29) is 12.5 Å². The highest BCUT2D eigenvalue weighted by molar-refractivity contribution is 5.80. The van der Waals surface area contributed by atoms with Gasteiger partial charge in [0.25, 0.3) is 0 Å². The van der Waals surface area contributed by atoms with Gasteiger partial charge < -0.3 is 55.6 Å². The number of hydrogen-bond donors (Lipinski definition) is 9. The van der Waals surface area contributed by atoms with Gasteiger partial charge in [-0.1, -0.05) is 180 Å². The Morgan fingerprint density at radius 1 is 0.656 bits per heavy atom. The standard InChI is InChI=1S/C49H93NO11/c1-3-5-7-17-24-30-39(52)31-25-19-13-11-9-10-12-14-21-27-33-42(54)48(59)50-40(36-60-49-47(58)46(57)45(56)43(35-51)61-49)44(55)41(53)32-26-20-16-15-18-23-29-38-34-37(38)28-22-8-6-4-2/h24,30,37-47,49,51-58H,3-23,25-29,31-36H2,1-2H3,(H,50,59)/b30-24+/t37-,38+,39?,40+,41-,42-,43-,44+,45-,46+,47-,49-/m1/s1. The van der Waals surface area contributed by atoms with Gasteiger partial charge in [-0.25, -0.2) is 0 Å². The van der Waals surface area contributed by atoms with Crippen molar-refractivity contribution in [1.29, 1.82) is 0 Å². The van der Waals surface area contributed by atoms with Crippen LogP contribution < -0.4 is 5.32 Å². The lowest BCUT2D eigenvalue weighted by molar-refractivity contribution is -0.303. The summed E-state index contributed by atoms with van der Waals surface area (Å²) >= 11 is 0. The molecule has 12 nitrogen and oxygen atoms in total. The molecule has 0 spiro atoms. The van der Waals surface area contributed by atoms with E-state index in [4.69, 9.17) is 9.47 Å². The van der Waals surface area contributed by atoms with Gasteiger partial charge in [-0.3, -0.25) is 4.79 Å². The largest absolute Gasteiger partial charge is 0.394 e. The first kappa shape index (κ1) is 55.9. The zero-order chi connectivity index (χ0) is 44.7. The summed E-state index contributed by atoms with van der Waals surface area (Å²) < 4.78 is 11.1. The van der Waals surface area contributed by atoms with Crippen LogP contribution in [-0.4, -0.2) is 121 Å². The number of allylic oxidation sites excluding steroid dienone is 1. The number of aliphatic hydroxyl groups excluding tert-OH is 8. The van der Waals surface area contributed by atoms with Crippen LogP contribution >= 0.6 is 0 Å². The van der Waals surface area contributed by atoms with Crippen LogP contribution in [0.4, 0.5) is 0 Å². The van der Waals surface area contributed by atoms with Crippen LogP contribution in [0, 0.1) is 11.8 Å². The number of unbranched alkanes of at least 4 members (excludes halogenated alkanes) is 20. The van der Waals surface area contributed by atoms with Gasteiger partial charge in [0, 0.05) is 0 Å². The number of ether oxygens (including phenoxy) is 2. The highest BCUT2D eigenvalue weighted by Gasteiger charge is 2.44. The van der Waals surface area contributed by atoms with Gasteiger partial charge in [0.1, 0.15) is 36.6 Å². The molecule has 12 atom stereocenters. The van der Waals surface area contributed by atoms with Crippen LogP contribution in [0.3, 0.4) is 0 Å². The molecule has 1 amide bonds. The Kier molecular flexibility index (Phi) is 32.2. The van der Waals surface area contributed by atoms with Crippen molar-refractivity contribution in [2.75, 3.05) is 13.2 Å². The van der Waals surface area contributed by atoms with Crippen molar-refractivity contribution in [2.45, 2.75) is 268 Å². The summed E-state index contributed by atoms with van der Waals surface area (Å²) in [5.41, 5.74) is 0. The van der Waals surface area contributed by atoms with Crippen molar-refractivity contribution >= 4 is 5.91 Å². The molecule has 360 valence electrons. The Labute approximate surface area is 370 Å². The zero-order valence-electron chi connectivity index (χ0n) is 38.5. The number of nitrogens with one attached hydrogen (secondary N) is 1. The molecule has 2 rings (SSSR count). The Bertz CT molecular complexity index is 1080. The normalized spacial score (nSPS) is 25.4. The van der Waals surface area contributed by atoms with Gasteiger partial charge in [-0.05, 0) is 50.4 Å². The minimum absolute atomic E-state index is 0.241. The Morgan fingerprint density at radius 2 is 1.16 bits per heavy atom. The molecule has 2 fully saturated rings. The second-order valence-electron chi connectivity index (χ2n) is 18.6. The average molecular weight is 872 g/mol. The van der Waals surface area contributed by atoms with Gasteiger partial charge in [-0.2, -0.15) is 0 Å². The van der Waals surface area contributed by atoms with E-state index >= 15 is 0 Å². The summed E-state index contributed by atoms with van der Waals surface area (Å²) in [6.07, 6.45) is 24.5. The molecular weight excluding hydrogens is 779 g/mol. The minimum atomic E-state index is -1.67. The van der Waals surface area contributed by atoms with Gasteiger partial charge in [0.2, 0.25) is 5.91 Å². The molecule has 12 heteroatoms. The van der Waals surface area contributed by atoms with Crippen molar-refractivity contribution < 1.29 is 55.1 Å². The van der Waals surface area contributed by atoms with E-state index in [2.05, 4.69) is 25.2 Å². The number of amides is 1. The van der Waals surface area contributed by atoms with Crippen molar-refractivity contribution in [1.82, 2.24) is 5.32 Å². The molecule has 1 aliphatic heterocycles. The fourth-order valence-electron chi connectivity index (χ4n) is 8.76. The van der Waals surface area contributed by atoms with Crippen LogP contribution in [-0.2, 0) is 14.3 Å². The lowest BCUT2D eigenvalue weighted by atomic mass is 9.98. The quantitative estimate of drug-likeness (QED) is 0.0221. The molecule has 0 aromatic rings.